The highest BCUT2D eigenvalue weighted by Crippen LogP contribution is 2.44. The van der Waals surface area contributed by atoms with E-state index in [0.29, 0.717) is 6.61 Å². The molecule has 1 atom stereocenters. The Hall–Kier alpha value is -2.33. The largest absolute Gasteiger partial charge is 0.449 e. The van der Waals surface area contributed by atoms with Gasteiger partial charge in [0.05, 0.1) is 6.17 Å². The van der Waals surface area contributed by atoms with Crippen molar-refractivity contribution in [3.63, 3.8) is 0 Å². The van der Waals surface area contributed by atoms with Crippen LogP contribution in [0.3, 0.4) is 0 Å². The van der Waals surface area contributed by atoms with E-state index in [1.54, 1.807) is 0 Å². The third-order valence-electron chi connectivity index (χ3n) is 4.77. The van der Waals surface area contributed by atoms with Crippen LogP contribution in [-0.2, 0) is 4.74 Å². The van der Waals surface area contributed by atoms with Crippen molar-refractivity contribution in [2.45, 2.75) is 44.7 Å². The van der Waals surface area contributed by atoms with Gasteiger partial charge in [0, 0.05) is 5.92 Å². The Morgan fingerprint density at radius 3 is 2.28 bits per heavy atom. The number of nitrogens with two attached hydrogens (primary N) is 1. The number of benzene rings is 2. The molecule has 0 fully saturated rings. The first kappa shape index (κ1) is 17.5. The van der Waals surface area contributed by atoms with Crippen molar-refractivity contribution in [3.8, 4) is 11.1 Å². The number of alkyl carbamates (subject to hydrolysis) is 1. The molecule has 4 nitrogen and oxygen atoms in total. The van der Waals surface area contributed by atoms with Crippen LogP contribution in [0.2, 0.25) is 0 Å². The first-order valence-corrected chi connectivity index (χ1v) is 9.07. The minimum atomic E-state index is -0.439. The normalized spacial score (nSPS) is 13.8. The standard InChI is InChI=1S/C21H26N2O2/c1-2-3-4-13-20(22)23-21(24)25-14-19-17-11-7-5-9-15(17)16-10-6-8-12-18(16)19/h5-12,19-20H,2-4,13-14,22H2,1H3,(H,23,24). The van der Waals surface area contributed by atoms with Gasteiger partial charge in [-0.2, -0.15) is 0 Å². The van der Waals surface area contributed by atoms with E-state index in [0.717, 1.165) is 25.7 Å². The highest BCUT2D eigenvalue weighted by atomic mass is 16.5. The summed E-state index contributed by atoms with van der Waals surface area (Å²) in [5, 5.41) is 2.73. The summed E-state index contributed by atoms with van der Waals surface area (Å²) in [5.74, 6) is 0.0782. The summed E-state index contributed by atoms with van der Waals surface area (Å²) in [5.41, 5.74) is 10.8. The summed E-state index contributed by atoms with van der Waals surface area (Å²) in [6.07, 6.45) is 3.27. The highest BCUT2D eigenvalue weighted by molar-refractivity contribution is 5.79. The first-order valence-electron chi connectivity index (χ1n) is 9.07. The van der Waals surface area contributed by atoms with E-state index < -0.39 is 6.09 Å². The van der Waals surface area contributed by atoms with Crippen LogP contribution in [-0.4, -0.2) is 18.9 Å². The Balaban J connectivity index is 1.61. The molecule has 0 aliphatic heterocycles. The number of amides is 1. The van der Waals surface area contributed by atoms with Gasteiger partial charge in [0.25, 0.3) is 0 Å². The summed E-state index contributed by atoms with van der Waals surface area (Å²) >= 11 is 0. The molecule has 2 aromatic carbocycles. The fraction of sp³-hybridized carbons (Fsp3) is 0.381. The zero-order valence-electron chi connectivity index (χ0n) is 14.7. The van der Waals surface area contributed by atoms with Gasteiger partial charge in [0.15, 0.2) is 0 Å². The molecule has 0 bridgehead atoms. The fourth-order valence-electron chi connectivity index (χ4n) is 3.48. The van der Waals surface area contributed by atoms with E-state index in [9.17, 15) is 4.79 Å². The van der Waals surface area contributed by atoms with Crippen LogP contribution in [0.4, 0.5) is 4.79 Å². The van der Waals surface area contributed by atoms with Crippen molar-refractivity contribution >= 4 is 6.09 Å². The van der Waals surface area contributed by atoms with Gasteiger partial charge in [-0.15, -0.1) is 0 Å². The average molecular weight is 338 g/mol. The van der Waals surface area contributed by atoms with Crippen LogP contribution in [0.1, 0.15) is 49.7 Å². The Morgan fingerprint density at radius 1 is 1.08 bits per heavy atom. The minimum Gasteiger partial charge on any atom is -0.449 e. The second kappa shape index (κ2) is 8.17. The van der Waals surface area contributed by atoms with Gasteiger partial charge in [-0.05, 0) is 28.7 Å². The van der Waals surface area contributed by atoms with Crippen molar-refractivity contribution in [1.29, 1.82) is 0 Å². The third kappa shape index (κ3) is 4.02. The summed E-state index contributed by atoms with van der Waals surface area (Å²) in [6.45, 7) is 2.46. The Labute approximate surface area is 149 Å². The SMILES string of the molecule is CCCCCC(N)NC(=O)OCC1c2ccccc2-c2ccccc21. The molecule has 0 aromatic heterocycles. The van der Waals surface area contributed by atoms with Gasteiger partial charge in [-0.25, -0.2) is 4.79 Å². The summed E-state index contributed by atoms with van der Waals surface area (Å²) < 4.78 is 5.49. The summed E-state index contributed by atoms with van der Waals surface area (Å²) in [6, 6.07) is 16.6. The van der Waals surface area contributed by atoms with Gasteiger partial charge >= 0.3 is 6.09 Å². The second-order valence-corrected chi connectivity index (χ2v) is 6.57. The zero-order chi connectivity index (χ0) is 17.6. The number of rotatable bonds is 7. The van der Waals surface area contributed by atoms with E-state index in [4.69, 9.17) is 10.5 Å². The van der Waals surface area contributed by atoms with E-state index in [1.165, 1.54) is 22.3 Å². The van der Waals surface area contributed by atoms with Gasteiger partial charge in [0.2, 0.25) is 0 Å². The lowest BCUT2D eigenvalue weighted by Crippen LogP contribution is -2.42. The number of ether oxygens (including phenoxy) is 1. The minimum absolute atomic E-state index is 0.0782. The maximum absolute atomic E-state index is 12.1. The predicted octanol–water partition coefficient (Wildman–Crippen LogP) is 4.39. The molecule has 0 saturated carbocycles. The van der Waals surface area contributed by atoms with Crippen LogP contribution in [0.25, 0.3) is 11.1 Å². The number of carbonyl (C=O) groups is 1. The molecule has 132 valence electrons. The number of hydrogen-bond acceptors (Lipinski definition) is 3. The molecule has 1 unspecified atom stereocenters. The lowest BCUT2D eigenvalue weighted by molar-refractivity contribution is 0.138. The Morgan fingerprint density at radius 2 is 1.68 bits per heavy atom. The molecule has 0 spiro atoms. The van der Waals surface area contributed by atoms with E-state index in [1.807, 2.05) is 24.3 Å². The van der Waals surface area contributed by atoms with Crippen molar-refractivity contribution in [1.82, 2.24) is 5.32 Å². The maximum atomic E-state index is 12.1. The number of hydrogen-bond donors (Lipinski definition) is 2. The zero-order valence-corrected chi connectivity index (χ0v) is 14.7. The topological polar surface area (TPSA) is 64.3 Å². The molecule has 0 radical (unpaired) electrons. The van der Waals surface area contributed by atoms with Gasteiger partial charge in [-0.3, -0.25) is 0 Å². The molecule has 4 heteroatoms. The average Bonchev–Trinajstić information content (AvgIpc) is 2.94. The predicted molar refractivity (Wildman–Crippen MR) is 100 cm³/mol. The van der Waals surface area contributed by atoms with E-state index in [-0.39, 0.29) is 12.1 Å². The van der Waals surface area contributed by atoms with Gasteiger partial charge < -0.3 is 15.8 Å². The van der Waals surface area contributed by atoms with Crippen molar-refractivity contribution < 1.29 is 9.53 Å². The molecule has 3 N–H and O–H groups in total. The number of unbranched alkanes of at least 4 members (excludes halogenated alkanes) is 2. The van der Waals surface area contributed by atoms with Crippen molar-refractivity contribution in [2.75, 3.05) is 6.61 Å². The van der Waals surface area contributed by atoms with Crippen LogP contribution >= 0.6 is 0 Å². The van der Waals surface area contributed by atoms with Crippen LogP contribution in [0.5, 0.6) is 0 Å². The number of fused-ring (bicyclic) bond motifs is 3. The van der Waals surface area contributed by atoms with Crippen LogP contribution in [0, 0.1) is 0 Å². The maximum Gasteiger partial charge on any atom is 0.408 e. The van der Waals surface area contributed by atoms with E-state index >= 15 is 0 Å². The Bertz CT molecular complexity index is 684. The molecule has 1 aliphatic rings. The van der Waals surface area contributed by atoms with Crippen LogP contribution < -0.4 is 11.1 Å². The van der Waals surface area contributed by atoms with Crippen molar-refractivity contribution in [3.05, 3.63) is 59.7 Å². The highest BCUT2D eigenvalue weighted by Gasteiger charge is 2.29. The molecular weight excluding hydrogens is 312 g/mol. The molecule has 2 aromatic rings. The molecule has 1 aliphatic carbocycles. The monoisotopic (exact) mass is 338 g/mol. The van der Waals surface area contributed by atoms with E-state index in [2.05, 4.69) is 36.5 Å². The lowest BCUT2D eigenvalue weighted by atomic mass is 9.98. The van der Waals surface area contributed by atoms with Gasteiger partial charge in [0.1, 0.15) is 6.61 Å². The number of nitrogens with one attached hydrogen (secondary N) is 1. The molecule has 25 heavy (non-hydrogen) atoms. The molecular formula is C21H26N2O2. The third-order valence-corrected chi connectivity index (χ3v) is 4.77. The lowest BCUT2D eigenvalue weighted by Gasteiger charge is -2.17. The molecule has 0 saturated heterocycles. The summed E-state index contributed by atoms with van der Waals surface area (Å²) in [4.78, 5) is 12.1. The fourth-order valence-corrected chi connectivity index (χ4v) is 3.48. The first-order chi connectivity index (χ1) is 12.2. The summed E-state index contributed by atoms with van der Waals surface area (Å²) in [7, 11) is 0. The second-order valence-electron chi connectivity index (χ2n) is 6.57. The molecule has 1 amide bonds. The van der Waals surface area contributed by atoms with Crippen LogP contribution in [0.15, 0.2) is 48.5 Å². The quantitative estimate of drug-likeness (QED) is 0.581. The molecule has 3 rings (SSSR count). The Kier molecular flexibility index (Phi) is 5.71. The molecule has 0 heterocycles. The van der Waals surface area contributed by atoms with Gasteiger partial charge in [-0.1, -0.05) is 74.7 Å². The van der Waals surface area contributed by atoms with Crippen molar-refractivity contribution in [2.24, 2.45) is 5.73 Å². The smallest absolute Gasteiger partial charge is 0.408 e. The number of carbonyl (C=O) groups excluding carboxylic acids is 1.